The quantitative estimate of drug-likeness (QED) is 0.0264. The van der Waals surface area contributed by atoms with E-state index in [4.69, 9.17) is 18.5 Å². The molecule has 0 amide bonds. The Balaban J connectivity index is 4.60. The smallest absolute Gasteiger partial charge is 0.306 e. The highest BCUT2D eigenvalue weighted by atomic mass is 31.2. The molecule has 2 unspecified atom stereocenters. The predicted octanol–water partition coefficient (Wildman–Crippen LogP) is 7.77. The lowest BCUT2D eigenvalue weighted by Crippen LogP contribution is -2.37. The Labute approximate surface area is 273 Å². The number of carbonyl (C=O) groups is 2. The van der Waals surface area contributed by atoms with Crippen LogP contribution in [0.1, 0.15) is 110 Å². The number of phosphoric ester groups is 1. The number of likely N-dealkylation sites (N-methyl/N-ethyl adjacent to an activating group) is 1. The van der Waals surface area contributed by atoms with E-state index in [1.54, 1.807) is 0 Å². The van der Waals surface area contributed by atoms with Crippen molar-refractivity contribution >= 4 is 19.8 Å². The second-order valence-electron chi connectivity index (χ2n) is 12.2. The Morgan fingerprint density at radius 2 is 1.27 bits per heavy atom. The van der Waals surface area contributed by atoms with Gasteiger partial charge in [0.2, 0.25) is 0 Å². The highest BCUT2D eigenvalue weighted by Crippen LogP contribution is 2.38. The average molecular weight is 656 g/mol. The van der Waals surface area contributed by atoms with Crippen LogP contribution in [0, 0.1) is 0 Å². The predicted molar refractivity (Wildman–Crippen MR) is 180 cm³/mol. The molecule has 9 nitrogen and oxygen atoms in total. The molecule has 0 aliphatic heterocycles. The fourth-order valence-corrected chi connectivity index (χ4v) is 4.74. The number of carbonyl (C=O) groups excluding carboxylic acids is 2. The van der Waals surface area contributed by atoms with Gasteiger partial charge in [-0.25, -0.2) is 0 Å². The Bertz CT molecular complexity index is 923. The third-order valence-electron chi connectivity index (χ3n) is 6.71. The monoisotopic (exact) mass is 655 g/mol. The average Bonchev–Trinajstić information content (AvgIpc) is 2.97. The van der Waals surface area contributed by atoms with Crippen molar-refractivity contribution in [1.82, 2.24) is 0 Å². The Hall–Kier alpha value is -2.03. The lowest BCUT2D eigenvalue weighted by atomic mass is 10.1. The van der Waals surface area contributed by atoms with Gasteiger partial charge in [0.15, 0.2) is 6.10 Å². The number of esters is 2. The van der Waals surface area contributed by atoms with Gasteiger partial charge < -0.3 is 27.9 Å². The number of rotatable bonds is 29. The second-order valence-corrected chi connectivity index (χ2v) is 13.7. The van der Waals surface area contributed by atoms with E-state index in [0.29, 0.717) is 17.4 Å². The molecule has 0 bridgehead atoms. The van der Waals surface area contributed by atoms with E-state index in [0.717, 1.165) is 44.9 Å². The van der Waals surface area contributed by atoms with Crippen LogP contribution in [0.5, 0.6) is 0 Å². The summed E-state index contributed by atoms with van der Waals surface area (Å²) < 4.78 is 33.5. The van der Waals surface area contributed by atoms with E-state index in [9.17, 15) is 19.0 Å². The minimum absolute atomic E-state index is 0.0402. The van der Waals surface area contributed by atoms with Crippen LogP contribution in [-0.4, -0.2) is 70.0 Å². The molecule has 0 rings (SSSR count). The van der Waals surface area contributed by atoms with Crippen molar-refractivity contribution in [2.24, 2.45) is 0 Å². The van der Waals surface area contributed by atoms with Gasteiger partial charge in [-0.1, -0.05) is 114 Å². The SMILES string of the molecule is CC/C=C/C=C/C=C/C=C/CCCCCC(=O)OC(COC(=O)CCCCCCCCCC)COP(=O)([O-])OCC[N+](C)(C)C. The number of quaternary nitrogens is 1. The van der Waals surface area contributed by atoms with Crippen molar-refractivity contribution in [3.63, 3.8) is 0 Å². The maximum absolute atomic E-state index is 12.5. The molecule has 0 aromatic rings. The highest BCUT2D eigenvalue weighted by Gasteiger charge is 2.21. The first-order valence-corrected chi connectivity index (χ1v) is 18.4. The van der Waals surface area contributed by atoms with Crippen LogP contribution >= 0.6 is 7.82 Å². The molecule has 0 N–H and O–H groups in total. The number of hydrogen-bond donors (Lipinski definition) is 0. The Kier molecular flexibility index (Phi) is 26.9. The van der Waals surface area contributed by atoms with Gasteiger partial charge in [-0.3, -0.25) is 14.2 Å². The van der Waals surface area contributed by atoms with Crippen molar-refractivity contribution in [3.05, 3.63) is 48.6 Å². The molecule has 0 heterocycles. The summed E-state index contributed by atoms with van der Waals surface area (Å²) >= 11 is 0. The van der Waals surface area contributed by atoms with E-state index >= 15 is 0 Å². The lowest BCUT2D eigenvalue weighted by Gasteiger charge is -2.28. The van der Waals surface area contributed by atoms with E-state index in [1.807, 2.05) is 57.6 Å². The van der Waals surface area contributed by atoms with Crippen LogP contribution in [0.2, 0.25) is 0 Å². The number of nitrogens with zero attached hydrogens (tertiary/aromatic N) is 1. The molecule has 2 atom stereocenters. The first kappa shape index (κ1) is 43.0. The van der Waals surface area contributed by atoms with Gasteiger partial charge >= 0.3 is 11.9 Å². The number of phosphoric acid groups is 1. The first-order chi connectivity index (χ1) is 21.5. The zero-order valence-electron chi connectivity index (χ0n) is 28.8. The molecule has 0 fully saturated rings. The fourth-order valence-electron chi connectivity index (χ4n) is 4.01. The van der Waals surface area contributed by atoms with Crippen LogP contribution in [-0.2, 0) is 32.7 Å². The number of unbranched alkanes of at least 4 members (excludes halogenated alkanes) is 10. The van der Waals surface area contributed by atoms with Crippen LogP contribution in [0.15, 0.2) is 48.6 Å². The van der Waals surface area contributed by atoms with E-state index < -0.39 is 32.5 Å². The number of hydrogen-bond acceptors (Lipinski definition) is 8. The van der Waals surface area contributed by atoms with Crippen LogP contribution in [0.3, 0.4) is 0 Å². The maximum Gasteiger partial charge on any atom is 0.306 e. The molecule has 0 aliphatic carbocycles. The summed E-state index contributed by atoms with van der Waals surface area (Å²) in [6.07, 6.45) is 28.7. The first-order valence-electron chi connectivity index (χ1n) is 16.9. The van der Waals surface area contributed by atoms with Crippen molar-refractivity contribution in [2.75, 3.05) is 47.5 Å². The van der Waals surface area contributed by atoms with E-state index in [-0.39, 0.29) is 26.1 Å². The number of ether oxygens (including phenoxy) is 2. The molecule has 0 spiro atoms. The van der Waals surface area contributed by atoms with Gasteiger partial charge in [-0.15, -0.1) is 0 Å². The minimum Gasteiger partial charge on any atom is -0.756 e. The largest absolute Gasteiger partial charge is 0.756 e. The third kappa shape index (κ3) is 31.7. The molecule has 260 valence electrons. The topological polar surface area (TPSA) is 111 Å². The molecule has 0 aromatic heterocycles. The van der Waals surface area contributed by atoms with Crippen molar-refractivity contribution < 1.29 is 42.1 Å². The number of allylic oxidation sites excluding steroid dienone is 8. The summed E-state index contributed by atoms with van der Waals surface area (Å²) in [5.41, 5.74) is 0. The zero-order valence-corrected chi connectivity index (χ0v) is 29.7. The molecule has 0 saturated carbocycles. The molecule has 0 aromatic carbocycles. The van der Waals surface area contributed by atoms with Crippen LogP contribution in [0.25, 0.3) is 0 Å². The van der Waals surface area contributed by atoms with Gasteiger partial charge in [0.1, 0.15) is 19.8 Å². The maximum atomic E-state index is 12.5. The summed E-state index contributed by atoms with van der Waals surface area (Å²) in [6, 6.07) is 0. The Morgan fingerprint density at radius 1 is 0.711 bits per heavy atom. The molecule has 0 aliphatic rings. The Morgan fingerprint density at radius 3 is 1.89 bits per heavy atom. The van der Waals surface area contributed by atoms with E-state index in [1.165, 1.54) is 32.1 Å². The summed E-state index contributed by atoms with van der Waals surface area (Å²) in [4.78, 5) is 37.1. The third-order valence-corrected chi connectivity index (χ3v) is 7.67. The van der Waals surface area contributed by atoms with Crippen LogP contribution in [0.4, 0.5) is 0 Å². The fraction of sp³-hybridized carbons (Fsp3) is 0.714. The minimum atomic E-state index is -4.62. The van der Waals surface area contributed by atoms with Crippen LogP contribution < -0.4 is 4.89 Å². The second kappa shape index (κ2) is 28.2. The summed E-state index contributed by atoms with van der Waals surface area (Å²) in [6.45, 7) is 3.95. The molecular weight excluding hydrogens is 593 g/mol. The molecule has 0 radical (unpaired) electrons. The van der Waals surface area contributed by atoms with Gasteiger partial charge in [0, 0.05) is 12.8 Å². The van der Waals surface area contributed by atoms with E-state index in [2.05, 4.69) is 26.0 Å². The molecular formula is C35H62NO8P. The van der Waals surface area contributed by atoms with Gasteiger partial charge in [0.25, 0.3) is 7.82 Å². The zero-order chi connectivity index (χ0) is 33.7. The summed E-state index contributed by atoms with van der Waals surface area (Å²) in [7, 11) is 1.13. The summed E-state index contributed by atoms with van der Waals surface area (Å²) in [5.74, 6) is -0.893. The standard InChI is InChI=1S/C35H62NO8P/c1-6-8-10-12-14-16-17-18-19-20-22-24-26-28-35(38)44-33(32-43-45(39,40)42-30-29-36(3,4)5)31-41-34(37)27-25-23-21-15-13-11-9-7-2/h8,10,12,14,16-19,33H,6-7,9,11,13,15,20-32H2,1-5H3/b10-8+,14-12+,17-16+,19-18+. The van der Waals surface area contributed by atoms with Gasteiger partial charge in [-0.2, -0.15) is 0 Å². The lowest BCUT2D eigenvalue weighted by molar-refractivity contribution is -0.870. The molecule has 10 heteroatoms. The van der Waals surface area contributed by atoms with Crippen molar-refractivity contribution in [3.8, 4) is 0 Å². The van der Waals surface area contributed by atoms with Gasteiger partial charge in [0.05, 0.1) is 27.7 Å². The summed E-state index contributed by atoms with van der Waals surface area (Å²) in [5, 5.41) is 0. The molecule has 45 heavy (non-hydrogen) atoms. The van der Waals surface area contributed by atoms with Gasteiger partial charge in [-0.05, 0) is 32.1 Å². The highest BCUT2D eigenvalue weighted by molar-refractivity contribution is 7.45. The van der Waals surface area contributed by atoms with Crippen molar-refractivity contribution in [1.29, 1.82) is 0 Å². The normalized spacial score (nSPS) is 14.5. The van der Waals surface area contributed by atoms with Crippen molar-refractivity contribution in [2.45, 2.75) is 116 Å². The molecule has 0 saturated heterocycles.